The fourth-order valence-corrected chi connectivity index (χ4v) is 2.03. The van der Waals surface area contributed by atoms with Gasteiger partial charge < -0.3 is 20.9 Å². The quantitative estimate of drug-likeness (QED) is 0.647. The summed E-state index contributed by atoms with van der Waals surface area (Å²) in [5.41, 5.74) is 4.91. The molecule has 0 aliphatic carbocycles. The number of hydrogen-bond donors (Lipinski definition) is 3. The number of ether oxygens (including phenoxy) is 1. The molecule has 0 spiro atoms. The van der Waals surface area contributed by atoms with E-state index in [4.69, 9.17) is 10.5 Å². The lowest BCUT2D eigenvalue weighted by atomic mass is 9.91. The van der Waals surface area contributed by atoms with E-state index in [1.165, 1.54) is 4.68 Å². The van der Waals surface area contributed by atoms with E-state index < -0.39 is 5.54 Å². The first-order chi connectivity index (χ1) is 8.63. The minimum atomic E-state index is -0.561. The van der Waals surface area contributed by atoms with Gasteiger partial charge >= 0.3 is 0 Å². The van der Waals surface area contributed by atoms with Crippen LogP contribution in [0.25, 0.3) is 0 Å². The molecule has 1 fully saturated rings. The van der Waals surface area contributed by atoms with Crippen molar-refractivity contribution in [1.29, 1.82) is 0 Å². The van der Waals surface area contributed by atoms with Gasteiger partial charge in [-0.2, -0.15) is 5.10 Å². The zero-order chi connectivity index (χ0) is 13.0. The van der Waals surface area contributed by atoms with Gasteiger partial charge in [-0.3, -0.25) is 9.48 Å². The standard InChI is InChI=1S/C11H18N4O3/c12-9-1-4-15(14-9)7-10(17)13-11(8-16)2-5-18-6-3-11/h1,4,16H,2-3,5-8H2,(H2,12,14)(H,13,17). The summed E-state index contributed by atoms with van der Waals surface area (Å²) < 4.78 is 6.70. The number of nitrogens with one attached hydrogen (secondary N) is 1. The highest BCUT2D eigenvalue weighted by Crippen LogP contribution is 2.19. The molecule has 2 heterocycles. The summed E-state index contributed by atoms with van der Waals surface area (Å²) >= 11 is 0. The zero-order valence-corrected chi connectivity index (χ0v) is 10.1. The second-order valence-electron chi connectivity index (χ2n) is 4.54. The van der Waals surface area contributed by atoms with E-state index in [2.05, 4.69) is 10.4 Å². The molecule has 1 aliphatic rings. The lowest BCUT2D eigenvalue weighted by Crippen LogP contribution is -2.55. The van der Waals surface area contributed by atoms with Crippen LogP contribution in [-0.4, -0.2) is 46.2 Å². The number of nitrogen functional groups attached to an aromatic ring is 1. The van der Waals surface area contributed by atoms with Gasteiger partial charge in [0.25, 0.3) is 0 Å². The lowest BCUT2D eigenvalue weighted by molar-refractivity contribution is -0.126. The number of hydrogen-bond acceptors (Lipinski definition) is 5. The number of aliphatic hydroxyl groups is 1. The molecule has 1 aromatic rings. The molecule has 0 aromatic carbocycles. The van der Waals surface area contributed by atoms with Gasteiger partial charge in [0.1, 0.15) is 12.4 Å². The molecule has 0 radical (unpaired) electrons. The molecule has 7 heteroatoms. The molecular formula is C11H18N4O3. The fourth-order valence-electron chi connectivity index (χ4n) is 2.03. The normalized spacial score (nSPS) is 18.5. The highest BCUT2D eigenvalue weighted by molar-refractivity contribution is 5.76. The maximum Gasteiger partial charge on any atom is 0.242 e. The lowest BCUT2D eigenvalue weighted by Gasteiger charge is -2.36. The van der Waals surface area contributed by atoms with E-state index in [0.717, 1.165) is 0 Å². The van der Waals surface area contributed by atoms with Crippen LogP contribution in [-0.2, 0) is 16.1 Å². The van der Waals surface area contributed by atoms with E-state index in [9.17, 15) is 9.90 Å². The number of nitrogens with two attached hydrogens (primary N) is 1. The Labute approximate surface area is 105 Å². The molecule has 0 unspecified atom stereocenters. The zero-order valence-electron chi connectivity index (χ0n) is 10.1. The third-order valence-electron chi connectivity index (χ3n) is 3.12. The van der Waals surface area contributed by atoms with E-state index in [-0.39, 0.29) is 19.1 Å². The van der Waals surface area contributed by atoms with Crippen LogP contribution < -0.4 is 11.1 Å². The summed E-state index contributed by atoms with van der Waals surface area (Å²) in [5, 5.41) is 16.3. The molecule has 1 aromatic heterocycles. The van der Waals surface area contributed by atoms with Gasteiger partial charge in [0.05, 0.1) is 12.1 Å². The first-order valence-electron chi connectivity index (χ1n) is 5.92. The van der Waals surface area contributed by atoms with Gasteiger partial charge in [0.15, 0.2) is 0 Å². The molecule has 1 amide bonds. The van der Waals surface area contributed by atoms with Gasteiger partial charge in [-0.15, -0.1) is 0 Å². The molecule has 0 saturated carbocycles. The number of carbonyl (C=O) groups excluding carboxylic acids is 1. The van der Waals surface area contributed by atoms with Crippen molar-refractivity contribution in [2.75, 3.05) is 25.6 Å². The molecule has 100 valence electrons. The number of anilines is 1. The van der Waals surface area contributed by atoms with Gasteiger partial charge in [-0.25, -0.2) is 0 Å². The molecule has 1 aliphatic heterocycles. The van der Waals surface area contributed by atoms with Crippen molar-refractivity contribution in [2.24, 2.45) is 0 Å². The van der Waals surface area contributed by atoms with Crippen LogP contribution in [0.15, 0.2) is 12.3 Å². The van der Waals surface area contributed by atoms with E-state index >= 15 is 0 Å². The summed E-state index contributed by atoms with van der Waals surface area (Å²) in [5.74, 6) is 0.194. The Morgan fingerprint density at radius 3 is 2.89 bits per heavy atom. The summed E-state index contributed by atoms with van der Waals surface area (Å²) in [6.45, 7) is 1.12. The third-order valence-corrected chi connectivity index (χ3v) is 3.12. The van der Waals surface area contributed by atoms with Crippen LogP contribution in [0.1, 0.15) is 12.8 Å². The van der Waals surface area contributed by atoms with Crippen LogP contribution in [0, 0.1) is 0 Å². The monoisotopic (exact) mass is 254 g/mol. The summed E-state index contributed by atoms with van der Waals surface area (Å²) in [7, 11) is 0. The Kier molecular flexibility index (Phi) is 3.83. The number of aliphatic hydroxyl groups excluding tert-OH is 1. The highest BCUT2D eigenvalue weighted by atomic mass is 16.5. The Balaban J connectivity index is 1.93. The molecular weight excluding hydrogens is 236 g/mol. The average Bonchev–Trinajstić information content (AvgIpc) is 2.75. The molecule has 0 atom stereocenters. The van der Waals surface area contributed by atoms with Crippen LogP contribution in [0.3, 0.4) is 0 Å². The van der Waals surface area contributed by atoms with Crippen molar-refractivity contribution in [1.82, 2.24) is 15.1 Å². The van der Waals surface area contributed by atoms with Gasteiger partial charge in [-0.1, -0.05) is 0 Å². The highest BCUT2D eigenvalue weighted by Gasteiger charge is 2.33. The average molecular weight is 254 g/mol. The molecule has 18 heavy (non-hydrogen) atoms. The largest absolute Gasteiger partial charge is 0.394 e. The minimum Gasteiger partial charge on any atom is -0.394 e. The van der Waals surface area contributed by atoms with Crippen molar-refractivity contribution in [3.8, 4) is 0 Å². The second kappa shape index (κ2) is 5.36. The first-order valence-corrected chi connectivity index (χ1v) is 5.92. The summed E-state index contributed by atoms with van der Waals surface area (Å²) in [4.78, 5) is 11.9. The molecule has 4 N–H and O–H groups in total. The smallest absolute Gasteiger partial charge is 0.242 e. The van der Waals surface area contributed by atoms with Crippen LogP contribution in [0.4, 0.5) is 5.82 Å². The number of carbonyl (C=O) groups is 1. The first kappa shape index (κ1) is 12.8. The predicted molar refractivity (Wildman–Crippen MR) is 64.7 cm³/mol. The number of nitrogens with zero attached hydrogens (tertiary/aromatic N) is 2. The third kappa shape index (κ3) is 2.99. The molecule has 1 saturated heterocycles. The second-order valence-corrected chi connectivity index (χ2v) is 4.54. The maximum atomic E-state index is 11.9. The number of aromatic nitrogens is 2. The number of rotatable bonds is 4. The summed E-state index contributed by atoms with van der Waals surface area (Å²) in [6.07, 6.45) is 2.89. The maximum absolute atomic E-state index is 11.9. The van der Waals surface area contributed by atoms with Crippen molar-refractivity contribution < 1.29 is 14.6 Å². The molecule has 0 bridgehead atoms. The molecule has 7 nitrogen and oxygen atoms in total. The van der Waals surface area contributed by atoms with Crippen molar-refractivity contribution in [3.05, 3.63) is 12.3 Å². The Hall–Kier alpha value is -1.60. The Morgan fingerprint density at radius 1 is 1.61 bits per heavy atom. The van der Waals surface area contributed by atoms with Crippen LogP contribution >= 0.6 is 0 Å². The topological polar surface area (TPSA) is 102 Å². The van der Waals surface area contributed by atoms with Gasteiger partial charge in [0.2, 0.25) is 5.91 Å². The van der Waals surface area contributed by atoms with Gasteiger partial charge in [0, 0.05) is 19.4 Å². The van der Waals surface area contributed by atoms with Crippen molar-refractivity contribution in [3.63, 3.8) is 0 Å². The minimum absolute atomic E-state index is 0.0800. The Bertz CT molecular complexity index is 412. The van der Waals surface area contributed by atoms with E-state index in [1.807, 2.05) is 0 Å². The van der Waals surface area contributed by atoms with Crippen molar-refractivity contribution in [2.45, 2.75) is 24.9 Å². The number of amides is 1. The summed E-state index contributed by atoms with van der Waals surface area (Å²) in [6, 6.07) is 1.63. The van der Waals surface area contributed by atoms with Crippen LogP contribution in [0.5, 0.6) is 0 Å². The molecule has 2 rings (SSSR count). The Morgan fingerprint density at radius 2 is 2.33 bits per heavy atom. The SMILES string of the molecule is Nc1ccn(CC(=O)NC2(CO)CCOCC2)n1. The predicted octanol–water partition coefficient (Wildman–Crippen LogP) is -0.877. The van der Waals surface area contributed by atoms with E-state index in [1.54, 1.807) is 12.3 Å². The fraction of sp³-hybridized carbons (Fsp3) is 0.636. The van der Waals surface area contributed by atoms with Crippen LogP contribution in [0.2, 0.25) is 0 Å². The van der Waals surface area contributed by atoms with Gasteiger partial charge in [-0.05, 0) is 18.9 Å². The van der Waals surface area contributed by atoms with E-state index in [0.29, 0.717) is 31.9 Å². The van der Waals surface area contributed by atoms with Crippen molar-refractivity contribution >= 4 is 11.7 Å².